The topological polar surface area (TPSA) is 57.8 Å². The van der Waals surface area contributed by atoms with Gasteiger partial charge in [-0.25, -0.2) is 4.98 Å². The number of anilines is 1. The molecular formula is C23H21N3OS. The average Bonchev–Trinajstić information content (AvgIpc) is 3.14. The maximum atomic E-state index is 12.4. The van der Waals surface area contributed by atoms with Crippen LogP contribution < -0.4 is 5.32 Å². The fourth-order valence-electron chi connectivity index (χ4n) is 3.09. The van der Waals surface area contributed by atoms with Crippen LogP contribution in [0.5, 0.6) is 0 Å². The monoisotopic (exact) mass is 387 g/mol. The first-order valence-corrected chi connectivity index (χ1v) is 10.3. The van der Waals surface area contributed by atoms with Crippen LogP contribution >= 0.6 is 11.8 Å². The molecule has 3 aromatic carbocycles. The Morgan fingerprint density at radius 1 is 1.04 bits per heavy atom. The summed E-state index contributed by atoms with van der Waals surface area (Å²) in [6.07, 6.45) is 0.353. The zero-order valence-electron chi connectivity index (χ0n) is 15.6. The average molecular weight is 388 g/mol. The summed E-state index contributed by atoms with van der Waals surface area (Å²) in [5.41, 5.74) is 4.63. The summed E-state index contributed by atoms with van der Waals surface area (Å²) in [5.74, 6) is 1.81. The highest BCUT2D eigenvalue weighted by atomic mass is 32.2. The van der Waals surface area contributed by atoms with E-state index in [0.29, 0.717) is 6.42 Å². The number of benzene rings is 3. The molecule has 2 N–H and O–H groups in total. The van der Waals surface area contributed by atoms with Crippen molar-refractivity contribution < 1.29 is 4.79 Å². The van der Waals surface area contributed by atoms with E-state index < -0.39 is 0 Å². The van der Waals surface area contributed by atoms with Crippen molar-refractivity contribution in [1.29, 1.82) is 0 Å². The van der Waals surface area contributed by atoms with E-state index in [1.807, 2.05) is 60.7 Å². The van der Waals surface area contributed by atoms with Gasteiger partial charge in [0, 0.05) is 16.1 Å². The van der Waals surface area contributed by atoms with E-state index in [1.165, 1.54) is 4.90 Å². The highest BCUT2D eigenvalue weighted by molar-refractivity contribution is 7.99. The van der Waals surface area contributed by atoms with E-state index in [9.17, 15) is 4.79 Å². The number of hydrogen-bond donors (Lipinski definition) is 2. The fourth-order valence-corrected chi connectivity index (χ4v) is 3.76. The largest absolute Gasteiger partial charge is 0.338 e. The first kappa shape index (κ1) is 18.3. The molecule has 0 fully saturated rings. The van der Waals surface area contributed by atoms with Crippen molar-refractivity contribution in [3.8, 4) is 11.4 Å². The van der Waals surface area contributed by atoms with Crippen LogP contribution in [0.2, 0.25) is 0 Å². The molecule has 0 radical (unpaired) electrons. The standard InChI is InChI=1S/C23H21N3OS/c1-2-28-19-12-10-16(11-13-19)14-22(27)24-18-7-5-6-17(15-18)23-25-20-8-3-4-9-21(20)26-23/h3-13,15H,2,14H2,1H3,(H,24,27)(H,25,26). The van der Waals surface area contributed by atoms with Gasteiger partial charge in [-0.05, 0) is 47.7 Å². The van der Waals surface area contributed by atoms with Gasteiger partial charge < -0.3 is 10.3 Å². The van der Waals surface area contributed by atoms with E-state index in [-0.39, 0.29) is 5.91 Å². The quantitative estimate of drug-likeness (QED) is 0.428. The minimum atomic E-state index is -0.0300. The fraction of sp³-hybridized carbons (Fsp3) is 0.130. The van der Waals surface area contributed by atoms with Gasteiger partial charge in [0.15, 0.2) is 0 Å². The Morgan fingerprint density at radius 2 is 1.86 bits per heavy atom. The number of H-pyrrole nitrogens is 1. The number of nitrogens with zero attached hydrogens (tertiary/aromatic N) is 1. The summed E-state index contributed by atoms with van der Waals surface area (Å²) < 4.78 is 0. The molecule has 0 bridgehead atoms. The van der Waals surface area contributed by atoms with Crippen molar-refractivity contribution in [2.45, 2.75) is 18.2 Å². The summed E-state index contributed by atoms with van der Waals surface area (Å²) in [5, 5.41) is 2.99. The lowest BCUT2D eigenvalue weighted by Crippen LogP contribution is -2.14. The third kappa shape index (κ3) is 4.26. The molecule has 4 aromatic rings. The molecule has 1 heterocycles. The zero-order valence-corrected chi connectivity index (χ0v) is 16.4. The van der Waals surface area contributed by atoms with Crippen molar-refractivity contribution in [1.82, 2.24) is 9.97 Å². The SMILES string of the molecule is CCSc1ccc(CC(=O)Nc2cccc(-c3nc4ccccc4[nH]3)c2)cc1. The van der Waals surface area contributed by atoms with Gasteiger partial charge in [0.25, 0.3) is 0 Å². The molecule has 0 aliphatic rings. The number of carbonyl (C=O) groups is 1. The Morgan fingerprint density at radius 3 is 2.64 bits per heavy atom. The normalized spacial score (nSPS) is 10.9. The highest BCUT2D eigenvalue weighted by Gasteiger charge is 2.08. The Hall–Kier alpha value is -3.05. The molecule has 0 saturated carbocycles. The number of amides is 1. The lowest BCUT2D eigenvalue weighted by molar-refractivity contribution is -0.115. The number of hydrogen-bond acceptors (Lipinski definition) is 3. The van der Waals surface area contributed by atoms with Crippen LogP contribution in [0.4, 0.5) is 5.69 Å². The summed E-state index contributed by atoms with van der Waals surface area (Å²) in [6, 6.07) is 23.8. The molecule has 4 rings (SSSR count). The second-order valence-electron chi connectivity index (χ2n) is 6.49. The summed E-state index contributed by atoms with van der Waals surface area (Å²) in [7, 11) is 0. The molecule has 28 heavy (non-hydrogen) atoms. The molecule has 1 amide bonds. The Kier molecular flexibility index (Phi) is 5.44. The summed E-state index contributed by atoms with van der Waals surface area (Å²) >= 11 is 1.80. The molecule has 0 saturated heterocycles. The molecule has 0 spiro atoms. The van der Waals surface area contributed by atoms with Gasteiger partial charge >= 0.3 is 0 Å². The third-order valence-electron chi connectivity index (χ3n) is 4.41. The van der Waals surface area contributed by atoms with Crippen LogP contribution in [0.3, 0.4) is 0 Å². The number of rotatable bonds is 6. The lowest BCUT2D eigenvalue weighted by atomic mass is 10.1. The van der Waals surface area contributed by atoms with Crippen molar-refractivity contribution in [3.05, 3.63) is 78.4 Å². The maximum absolute atomic E-state index is 12.4. The zero-order chi connectivity index (χ0) is 19.3. The first-order chi connectivity index (χ1) is 13.7. The Balaban J connectivity index is 1.46. The molecule has 5 heteroatoms. The summed E-state index contributed by atoms with van der Waals surface area (Å²) in [6.45, 7) is 2.13. The number of aromatic amines is 1. The van der Waals surface area contributed by atoms with E-state index >= 15 is 0 Å². The van der Waals surface area contributed by atoms with Gasteiger partial charge in [0.2, 0.25) is 5.91 Å². The number of fused-ring (bicyclic) bond motifs is 1. The molecule has 0 aliphatic carbocycles. The molecule has 0 aliphatic heterocycles. The Labute approximate surface area is 168 Å². The molecule has 0 unspecified atom stereocenters. The number of imidazole rings is 1. The van der Waals surface area contributed by atoms with E-state index in [4.69, 9.17) is 0 Å². The van der Waals surface area contributed by atoms with Crippen molar-refractivity contribution in [3.63, 3.8) is 0 Å². The van der Waals surface area contributed by atoms with E-state index in [2.05, 4.69) is 34.3 Å². The van der Waals surface area contributed by atoms with Crippen LogP contribution in [0, 0.1) is 0 Å². The molecular weight excluding hydrogens is 366 g/mol. The van der Waals surface area contributed by atoms with Crippen LogP contribution in [-0.4, -0.2) is 21.6 Å². The van der Waals surface area contributed by atoms with Gasteiger partial charge in [-0.2, -0.15) is 0 Å². The van der Waals surface area contributed by atoms with Crippen molar-refractivity contribution in [2.24, 2.45) is 0 Å². The summed E-state index contributed by atoms with van der Waals surface area (Å²) in [4.78, 5) is 21.6. The Bertz CT molecular complexity index is 1070. The third-order valence-corrected chi connectivity index (χ3v) is 5.30. The van der Waals surface area contributed by atoms with Gasteiger partial charge in [-0.1, -0.05) is 43.3 Å². The van der Waals surface area contributed by atoms with Crippen LogP contribution in [-0.2, 0) is 11.2 Å². The van der Waals surface area contributed by atoms with Crippen LogP contribution in [0.1, 0.15) is 12.5 Å². The smallest absolute Gasteiger partial charge is 0.228 e. The molecule has 140 valence electrons. The van der Waals surface area contributed by atoms with Gasteiger partial charge in [0.1, 0.15) is 5.82 Å². The number of thioether (sulfide) groups is 1. The predicted molar refractivity (Wildman–Crippen MR) is 117 cm³/mol. The minimum Gasteiger partial charge on any atom is -0.338 e. The molecule has 1 aromatic heterocycles. The lowest BCUT2D eigenvalue weighted by Gasteiger charge is -2.07. The van der Waals surface area contributed by atoms with Gasteiger partial charge in [0.05, 0.1) is 17.5 Å². The van der Waals surface area contributed by atoms with E-state index in [1.54, 1.807) is 11.8 Å². The number of carbonyl (C=O) groups excluding carboxylic acids is 1. The van der Waals surface area contributed by atoms with Gasteiger partial charge in [-0.3, -0.25) is 4.79 Å². The first-order valence-electron chi connectivity index (χ1n) is 9.28. The van der Waals surface area contributed by atoms with Crippen molar-refractivity contribution in [2.75, 3.05) is 11.1 Å². The number of aromatic nitrogens is 2. The minimum absolute atomic E-state index is 0.0300. The second kappa shape index (κ2) is 8.31. The molecule has 4 nitrogen and oxygen atoms in total. The maximum Gasteiger partial charge on any atom is 0.228 e. The van der Waals surface area contributed by atoms with Gasteiger partial charge in [-0.15, -0.1) is 11.8 Å². The highest BCUT2D eigenvalue weighted by Crippen LogP contribution is 2.23. The number of nitrogens with one attached hydrogen (secondary N) is 2. The second-order valence-corrected chi connectivity index (χ2v) is 7.82. The van der Waals surface area contributed by atoms with Crippen LogP contribution in [0.15, 0.2) is 77.7 Å². The van der Waals surface area contributed by atoms with E-state index in [0.717, 1.165) is 39.4 Å². The van der Waals surface area contributed by atoms with Crippen molar-refractivity contribution >= 4 is 34.4 Å². The molecule has 0 atom stereocenters. The van der Waals surface area contributed by atoms with Crippen LogP contribution in [0.25, 0.3) is 22.4 Å². The predicted octanol–water partition coefficient (Wildman–Crippen LogP) is 5.52. The number of para-hydroxylation sites is 2.